The summed E-state index contributed by atoms with van der Waals surface area (Å²) in [7, 11) is 0. The molecule has 3 nitrogen and oxygen atoms in total. The van der Waals surface area contributed by atoms with Crippen LogP contribution in [-0.4, -0.2) is 16.0 Å². The molecule has 0 saturated heterocycles. The highest BCUT2D eigenvalue weighted by Gasteiger charge is 2.17. The Labute approximate surface area is 110 Å². The number of aliphatic hydroxyl groups is 1. The second-order valence-corrected chi connectivity index (χ2v) is 5.07. The van der Waals surface area contributed by atoms with Gasteiger partial charge in [-0.15, -0.1) is 0 Å². The number of aliphatic hydroxyl groups excluding tert-OH is 1. The van der Waals surface area contributed by atoms with Gasteiger partial charge in [-0.1, -0.05) is 15.9 Å². The van der Waals surface area contributed by atoms with E-state index in [4.69, 9.17) is 0 Å². The number of allylic oxidation sites excluding steroid dienone is 2. The Morgan fingerprint density at radius 2 is 1.81 bits per heavy atom. The molecule has 86 valence electrons. The van der Waals surface area contributed by atoms with Crippen LogP contribution in [0.1, 0.15) is 19.4 Å². The molecule has 0 atom stereocenters. The van der Waals surface area contributed by atoms with Gasteiger partial charge in [0.2, 0.25) is 0 Å². The molecule has 0 amide bonds. The minimum absolute atomic E-state index is 0.0678. The largest absolute Gasteiger partial charge is 0.512 e. The number of carbonyl (C=O) groups excluding carboxylic acids is 1. The highest BCUT2D eigenvalue weighted by Crippen LogP contribution is 2.36. The predicted molar refractivity (Wildman–Crippen MR) is 69.4 cm³/mol. The van der Waals surface area contributed by atoms with Crippen LogP contribution in [0.2, 0.25) is 0 Å². The van der Waals surface area contributed by atoms with E-state index in [1.54, 1.807) is 12.1 Å². The SMILES string of the molecule is CC(=O)C(=C(C)O)c1cc(Br)cc(Br)c1O. The smallest absolute Gasteiger partial charge is 0.163 e. The summed E-state index contributed by atoms with van der Waals surface area (Å²) >= 11 is 6.42. The van der Waals surface area contributed by atoms with E-state index in [0.717, 1.165) is 0 Å². The molecule has 0 spiro atoms. The van der Waals surface area contributed by atoms with Gasteiger partial charge in [-0.05, 0) is 41.9 Å². The molecule has 0 saturated carbocycles. The van der Waals surface area contributed by atoms with Crippen LogP contribution >= 0.6 is 31.9 Å². The standard InChI is InChI=1S/C11H10Br2O3/c1-5(14)10(6(2)15)8-3-7(12)4-9(13)11(8)16/h3-4,14,16H,1-2H3. The zero-order valence-corrected chi connectivity index (χ0v) is 11.9. The number of phenols is 1. The van der Waals surface area contributed by atoms with Crippen molar-refractivity contribution in [2.45, 2.75) is 13.8 Å². The monoisotopic (exact) mass is 348 g/mol. The van der Waals surface area contributed by atoms with Crippen molar-refractivity contribution in [3.63, 3.8) is 0 Å². The molecule has 0 aliphatic rings. The van der Waals surface area contributed by atoms with Crippen LogP contribution in [0.5, 0.6) is 5.75 Å². The molecule has 0 heterocycles. The first-order valence-corrected chi connectivity index (χ1v) is 6.02. The Kier molecular flexibility index (Phi) is 4.15. The molecular weight excluding hydrogens is 340 g/mol. The fraction of sp³-hybridized carbons (Fsp3) is 0.182. The van der Waals surface area contributed by atoms with Crippen LogP contribution in [-0.2, 0) is 4.79 Å². The molecule has 0 aliphatic carbocycles. The molecule has 0 aliphatic heterocycles. The molecule has 2 N–H and O–H groups in total. The van der Waals surface area contributed by atoms with E-state index < -0.39 is 0 Å². The van der Waals surface area contributed by atoms with Gasteiger partial charge in [0.1, 0.15) is 11.5 Å². The first kappa shape index (κ1) is 13.3. The summed E-state index contributed by atoms with van der Waals surface area (Å²) in [4.78, 5) is 11.4. The first-order chi connectivity index (χ1) is 7.34. The third kappa shape index (κ3) is 2.65. The van der Waals surface area contributed by atoms with Gasteiger partial charge in [0.15, 0.2) is 5.78 Å². The maximum Gasteiger partial charge on any atom is 0.163 e. The van der Waals surface area contributed by atoms with Gasteiger partial charge in [0.05, 0.1) is 10.0 Å². The average Bonchev–Trinajstić information content (AvgIpc) is 2.12. The normalized spacial score (nSPS) is 12.2. The first-order valence-electron chi connectivity index (χ1n) is 4.43. The number of hydrogen-bond donors (Lipinski definition) is 2. The minimum atomic E-state index is -0.305. The van der Waals surface area contributed by atoms with Gasteiger partial charge in [0.25, 0.3) is 0 Å². The number of hydrogen-bond acceptors (Lipinski definition) is 3. The van der Waals surface area contributed by atoms with Gasteiger partial charge in [-0.25, -0.2) is 0 Å². The Hall–Kier alpha value is -0.810. The summed E-state index contributed by atoms with van der Waals surface area (Å²) in [5, 5.41) is 19.3. The molecule has 0 radical (unpaired) electrons. The van der Waals surface area contributed by atoms with E-state index in [9.17, 15) is 15.0 Å². The highest BCUT2D eigenvalue weighted by atomic mass is 79.9. The number of aromatic hydroxyl groups is 1. The maximum absolute atomic E-state index is 11.4. The lowest BCUT2D eigenvalue weighted by molar-refractivity contribution is -0.111. The second-order valence-electron chi connectivity index (χ2n) is 3.30. The molecule has 16 heavy (non-hydrogen) atoms. The molecule has 0 fully saturated rings. The van der Waals surface area contributed by atoms with E-state index in [1.165, 1.54) is 13.8 Å². The fourth-order valence-electron chi connectivity index (χ4n) is 1.40. The van der Waals surface area contributed by atoms with Crippen molar-refractivity contribution in [1.29, 1.82) is 0 Å². The molecule has 0 aromatic heterocycles. The van der Waals surface area contributed by atoms with E-state index in [1.807, 2.05) is 0 Å². The van der Waals surface area contributed by atoms with E-state index in [0.29, 0.717) is 14.5 Å². The molecule has 5 heteroatoms. The van der Waals surface area contributed by atoms with Crippen molar-refractivity contribution in [2.75, 3.05) is 0 Å². The quantitative estimate of drug-likeness (QED) is 0.630. The van der Waals surface area contributed by atoms with Crippen molar-refractivity contribution in [3.8, 4) is 5.75 Å². The minimum Gasteiger partial charge on any atom is -0.512 e. The summed E-state index contributed by atoms with van der Waals surface area (Å²) in [6.07, 6.45) is 0. The second kappa shape index (κ2) is 5.01. The van der Waals surface area contributed by atoms with Crippen LogP contribution in [0, 0.1) is 0 Å². The summed E-state index contributed by atoms with van der Waals surface area (Å²) in [5.74, 6) is -0.491. The number of carbonyl (C=O) groups is 1. The zero-order valence-electron chi connectivity index (χ0n) is 8.71. The van der Waals surface area contributed by atoms with Gasteiger partial charge in [-0.2, -0.15) is 0 Å². The van der Waals surface area contributed by atoms with E-state index in [-0.39, 0.29) is 22.9 Å². The topological polar surface area (TPSA) is 57.5 Å². The molecule has 1 aromatic carbocycles. The van der Waals surface area contributed by atoms with Crippen molar-refractivity contribution in [2.24, 2.45) is 0 Å². The lowest BCUT2D eigenvalue weighted by Gasteiger charge is -2.10. The fourth-order valence-corrected chi connectivity index (χ4v) is 2.62. The number of benzene rings is 1. The third-order valence-corrected chi connectivity index (χ3v) is 3.07. The van der Waals surface area contributed by atoms with Gasteiger partial charge in [0, 0.05) is 10.0 Å². The number of halogens is 2. The number of Topliss-reactive ketones (excluding diaryl/α,β-unsaturated/α-hetero) is 1. The van der Waals surface area contributed by atoms with Crippen molar-refractivity contribution < 1.29 is 15.0 Å². The molecule has 1 rings (SSSR count). The van der Waals surface area contributed by atoms with Gasteiger partial charge < -0.3 is 10.2 Å². The van der Waals surface area contributed by atoms with Gasteiger partial charge in [-0.3, -0.25) is 4.79 Å². The number of rotatable bonds is 2. The predicted octanol–water partition coefficient (Wildman–Crippen LogP) is 3.80. The van der Waals surface area contributed by atoms with E-state index in [2.05, 4.69) is 31.9 Å². The van der Waals surface area contributed by atoms with Crippen molar-refractivity contribution in [3.05, 3.63) is 32.4 Å². The highest BCUT2D eigenvalue weighted by molar-refractivity contribution is 9.11. The molecule has 1 aromatic rings. The van der Waals surface area contributed by atoms with Gasteiger partial charge >= 0.3 is 0 Å². The van der Waals surface area contributed by atoms with Crippen LogP contribution in [0.4, 0.5) is 0 Å². The Morgan fingerprint density at radius 3 is 2.25 bits per heavy atom. The summed E-state index contributed by atoms with van der Waals surface area (Å²) < 4.78 is 1.16. The summed E-state index contributed by atoms with van der Waals surface area (Å²) in [5.41, 5.74) is 0.410. The molecule has 0 unspecified atom stereocenters. The molecule has 0 bridgehead atoms. The molecular formula is C11H10Br2O3. The van der Waals surface area contributed by atoms with E-state index >= 15 is 0 Å². The maximum atomic E-state index is 11.4. The van der Waals surface area contributed by atoms with Crippen LogP contribution in [0.25, 0.3) is 5.57 Å². The average molecular weight is 350 g/mol. The van der Waals surface area contributed by atoms with Crippen molar-refractivity contribution >= 4 is 43.2 Å². The van der Waals surface area contributed by atoms with Crippen molar-refractivity contribution in [1.82, 2.24) is 0 Å². The Bertz CT molecular complexity index is 474. The Morgan fingerprint density at radius 1 is 1.25 bits per heavy atom. The lowest BCUT2D eigenvalue weighted by Crippen LogP contribution is -2.00. The zero-order chi connectivity index (χ0) is 12.5. The Balaban J connectivity index is 3.55. The van der Waals surface area contributed by atoms with Crippen LogP contribution < -0.4 is 0 Å². The lowest BCUT2D eigenvalue weighted by atomic mass is 10.0. The van der Waals surface area contributed by atoms with Crippen LogP contribution in [0.15, 0.2) is 26.8 Å². The summed E-state index contributed by atoms with van der Waals surface area (Å²) in [6.45, 7) is 2.74. The van der Waals surface area contributed by atoms with Crippen LogP contribution in [0.3, 0.4) is 0 Å². The third-order valence-electron chi connectivity index (χ3n) is 2.01. The summed E-state index contributed by atoms with van der Waals surface area (Å²) in [6, 6.07) is 3.24. The number of ketones is 1. The number of phenolic OH excluding ortho intramolecular Hbond substituents is 1.